The van der Waals surface area contributed by atoms with Crippen LogP contribution in [0.4, 0.5) is 0 Å². The number of nitrogens with zero attached hydrogens (tertiary/aromatic N) is 2. The Balaban J connectivity index is 0.000000172. The molecule has 292 valence electrons. The van der Waals surface area contributed by atoms with E-state index in [-0.39, 0.29) is 12.1 Å². The zero-order valence-corrected chi connectivity index (χ0v) is 33.0. The molecule has 0 radical (unpaired) electrons. The fraction of sp³-hybridized carbons (Fsp3) is 0.333. The monoisotopic (exact) mass is 754 g/mol. The molecule has 0 bridgehead atoms. The van der Waals surface area contributed by atoms with Gasteiger partial charge in [-0.3, -0.25) is 9.80 Å². The molecular weight excluding hydrogens is 701 g/mol. The van der Waals surface area contributed by atoms with Crippen molar-refractivity contribution in [2.45, 2.75) is 50.6 Å². The second-order valence-corrected chi connectivity index (χ2v) is 14.7. The average molecular weight is 755 g/mol. The third kappa shape index (κ3) is 8.08. The molecule has 0 saturated carbocycles. The SMILES string of the molecule is COc1ccc2c(C(c3ccccc3OC)N3CCCCC3)c(O)ccc2c1.COc1ccc2ccc(O)c(C(c3ccccc3OC)N3CCCCC3)c2c1. The maximum Gasteiger partial charge on any atom is 0.123 e. The summed E-state index contributed by atoms with van der Waals surface area (Å²) in [6.07, 6.45) is 7.19. The van der Waals surface area contributed by atoms with Crippen LogP contribution in [-0.2, 0) is 0 Å². The van der Waals surface area contributed by atoms with Gasteiger partial charge < -0.3 is 29.2 Å². The number of phenols is 2. The van der Waals surface area contributed by atoms with Crippen LogP contribution in [0.3, 0.4) is 0 Å². The third-order valence-corrected chi connectivity index (χ3v) is 11.4. The first kappa shape index (κ1) is 38.8. The zero-order valence-electron chi connectivity index (χ0n) is 33.0. The Labute approximate surface area is 330 Å². The fourth-order valence-electron chi connectivity index (χ4n) is 8.67. The zero-order chi connectivity index (χ0) is 39.0. The van der Waals surface area contributed by atoms with Crippen molar-refractivity contribution < 1.29 is 29.2 Å². The number of hydrogen-bond donors (Lipinski definition) is 2. The van der Waals surface area contributed by atoms with Crippen molar-refractivity contribution in [3.05, 3.63) is 131 Å². The molecule has 6 aromatic carbocycles. The van der Waals surface area contributed by atoms with Crippen LogP contribution in [0, 0.1) is 0 Å². The Morgan fingerprint density at radius 3 is 1.41 bits per heavy atom. The Morgan fingerprint density at radius 2 is 0.893 bits per heavy atom. The molecule has 8 rings (SSSR count). The Kier molecular flexibility index (Phi) is 12.5. The number of likely N-dealkylation sites (tertiary alicyclic amines) is 2. The van der Waals surface area contributed by atoms with E-state index in [1.807, 2.05) is 78.9 Å². The van der Waals surface area contributed by atoms with Crippen LogP contribution >= 0.6 is 0 Å². The molecule has 2 unspecified atom stereocenters. The van der Waals surface area contributed by atoms with Crippen molar-refractivity contribution in [1.82, 2.24) is 9.80 Å². The van der Waals surface area contributed by atoms with E-state index in [2.05, 4.69) is 28.0 Å². The van der Waals surface area contributed by atoms with Crippen molar-refractivity contribution in [2.75, 3.05) is 54.6 Å². The molecule has 2 aliphatic rings. The summed E-state index contributed by atoms with van der Waals surface area (Å²) in [6.45, 7) is 4.02. The molecule has 0 amide bonds. The molecule has 2 N–H and O–H groups in total. The molecule has 0 aromatic heterocycles. The summed E-state index contributed by atoms with van der Waals surface area (Å²) in [5.41, 5.74) is 4.03. The predicted octanol–water partition coefficient (Wildman–Crippen LogP) is 10.3. The van der Waals surface area contributed by atoms with Crippen LogP contribution in [0.1, 0.15) is 72.9 Å². The van der Waals surface area contributed by atoms with Crippen molar-refractivity contribution in [3.63, 3.8) is 0 Å². The summed E-state index contributed by atoms with van der Waals surface area (Å²) in [6, 6.07) is 35.7. The standard InChI is InChI=1S/2C24H27NO3/c1-27-18-11-12-19-17(16-18)10-13-21(26)23(19)24(25-14-6-3-7-15-25)20-8-4-5-9-22(20)28-2;1-27-18-12-10-17-11-13-21(26)23(20(17)16-18)24(25-14-6-3-7-15-25)19-8-4-5-9-22(19)28-2/h2*4-5,8-13,16,24,26H,3,6-7,14-15H2,1-2H3. The lowest BCUT2D eigenvalue weighted by Gasteiger charge is -2.36. The van der Waals surface area contributed by atoms with Crippen LogP contribution in [-0.4, -0.2) is 74.6 Å². The van der Waals surface area contributed by atoms with Gasteiger partial charge in [0, 0.05) is 22.3 Å². The van der Waals surface area contributed by atoms with Gasteiger partial charge in [-0.2, -0.15) is 0 Å². The van der Waals surface area contributed by atoms with Crippen molar-refractivity contribution in [2.24, 2.45) is 0 Å². The summed E-state index contributed by atoms with van der Waals surface area (Å²) in [7, 11) is 6.76. The molecular formula is C48H54N2O6. The normalized spacial score (nSPS) is 16.1. The second kappa shape index (κ2) is 18.0. The molecule has 8 nitrogen and oxygen atoms in total. The van der Waals surface area contributed by atoms with E-state index in [1.54, 1.807) is 40.6 Å². The summed E-state index contributed by atoms with van der Waals surface area (Å²) in [4.78, 5) is 4.94. The van der Waals surface area contributed by atoms with Gasteiger partial charge in [-0.25, -0.2) is 0 Å². The van der Waals surface area contributed by atoms with Gasteiger partial charge in [0.2, 0.25) is 0 Å². The second-order valence-electron chi connectivity index (χ2n) is 14.7. The van der Waals surface area contributed by atoms with Gasteiger partial charge in [0.25, 0.3) is 0 Å². The van der Waals surface area contributed by atoms with E-state index < -0.39 is 0 Å². The van der Waals surface area contributed by atoms with Gasteiger partial charge in [-0.05, 0) is 122 Å². The van der Waals surface area contributed by atoms with E-state index in [9.17, 15) is 10.2 Å². The minimum Gasteiger partial charge on any atom is -0.508 e. The molecule has 8 heteroatoms. The first-order chi connectivity index (χ1) is 27.4. The van der Waals surface area contributed by atoms with Crippen molar-refractivity contribution >= 4 is 21.5 Å². The molecule has 6 aromatic rings. The molecule has 2 heterocycles. The van der Waals surface area contributed by atoms with Gasteiger partial charge >= 0.3 is 0 Å². The molecule has 2 atom stereocenters. The summed E-state index contributed by atoms with van der Waals surface area (Å²) < 4.78 is 22.3. The van der Waals surface area contributed by atoms with Gasteiger partial charge in [-0.15, -0.1) is 0 Å². The number of para-hydroxylation sites is 2. The number of ether oxygens (including phenoxy) is 4. The lowest BCUT2D eigenvalue weighted by atomic mass is 9.89. The maximum absolute atomic E-state index is 11.0. The quantitative estimate of drug-likeness (QED) is 0.143. The summed E-state index contributed by atoms with van der Waals surface area (Å²) in [5.74, 6) is 3.93. The van der Waals surface area contributed by atoms with E-state index in [4.69, 9.17) is 18.9 Å². The number of piperidine rings is 2. The van der Waals surface area contributed by atoms with Crippen LogP contribution < -0.4 is 18.9 Å². The Morgan fingerprint density at radius 1 is 0.446 bits per heavy atom. The summed E-state index contributed by atoms with van der Waals surface area (Å²) >= 11 is 0. The van der Waals surface area contributed by atoms with E-state index >= 15 is 0 Å². The van der Waals surface area contributed by atoms with E-state index in [0.29, 0.717) is 11.5 Å². The van der Waals surface area contributed by atoms with E-state index in [0.717, 1.165) is 93.0 Å². The minimum absolute atomic E-state index is 0.0615. The van der Waals surface area contributed by atoms with E-state index in [1.165, 1.54) is 38.5 Å². The van der Waals surface area contributed by atoms with Gasteiger partial charge in [0.15, 0.2) is 0 Å². The first-order valence-corrected chi connectivity index (χ1v) is 19.8. The lowest BCUT2D eigenvalue weighted by Crippen LogP contribution is -2.34. The molecule has 56 heavy (non-hydrogen) atoms. The highest BCUT2D eigenvalue weighted by Gasteiger charge is 2.31. The minimum atomic E-state index is -0.0766. The highest BCUT2D eigenvalue weighted by molar-refractivity contribution is 5.91. The van der Waals surface area contributed by atoms with Gasteiger partial charge in [-0.1, -0.05) is 73.5 Å². The van der Waals surface area contributed by atoms with Crippen LogP contribution in [0.5, 0.6) is 34.5 Å². The number of rotatable bonds is 10. The molecule has 2 saturated heterocycles. The predicted molar refractivity (Wildman–Crippen MR) is 225 cm³/mol. The van der Waals surface area contributed by atoms with Crippen LogP contribution in [0.25, 0.3) is 21.5 Å². The maximum atomic E-state index is 11.0. The summed E-state index contributed by atoms with van der Waals surface area (Å²) in [5, 5.41) is 26.2. The Bertz CT molecular complexity index is 2240. The average Bonchev–Trinajstić information content (AvgIpc) is 3.26. The topological polar surface area (TPSA) is 83.9 Å². The highest BCUT2D eigenvalue weighted by atomic mass is 16.5. The van der Waals surface area contributed by atoms with Crippen molar-refractivity contribution in [3.8, 4) is 34.5 Å². The molecule has 2 fully saturated rings. The van der Waals surface area contributed by atoms with Crippen LogP contribution in [0.2, 0.25) is 0 Å². The van der Waals surface area contributed by atoms with Crippen LogP contribution in [0.15, 0.2) is 109 Å². The molecule has 0 aliphatic carbocycles. The smallest absolute Gasteiger partial charge is 0.123 e. The van der Waals surface area contributed by atoms with Gasteiger partial charge in [0.1, 0.15) is 34.5 Å². The Hall–Kier alpha value is -5.44. The lowest BCUT2D eigenvalue weighted by molar-refractivity contribution is 0.183. The highest BCUT2D eigenvalue weighted by Crippen LogP contribution is 2.45. The first-order valence-electron chi connectivity index (χ1n) is 19.8. The number of benzene rings is 6. The largest absolute Gasteiger partial charge is 0.508 e. The van der Waals surface area contributed by atoms with Crippen molar-refractivity contribution in [1.29, 1.82) is 0 Å². The van der Waals surface area contributed by atoms with Gasteiger partial charge in [0.05, 0.1) is 40.5 Å². The molecule has 0 spiro atoms. The number of phenolic OH excluding ortho intramolecular Hbond substituents is 2. The number of methoxy groups -OCH3 is 4. The number of fused-ring (bicyclic) bond motifs is 2. The fourth-order valence-corrected chi connectivity index (χ4v) is 8.67. The molecule has 2 aliphatic heterocycles. The number of aromatic hydroxyl groups is 2. The number of hydrogen-bond acceptors (Lipinski definition) is 8. The third-order valence-electron chi connectivity index (χ3n) is 11.4.